The van der Waals surface area contributed by atoms with Crippen molar-refractivity contribution >= 4 is 35.3 Å². The fourth-order valence-corrected chi connectivity index (χ4v) is 1.99. The number of nitrogens with zero attached hydrogens (tertiary/aromatic N) is 1. The van der Waals surface area contributed by atoms with Gasteiger partial charge in [-0.2, -0.15) is 0 Å². The molecule has 0 bridgehead atoms. The molecule has 0 fully saturated rings. The van der Waals surface area contributed by atoms with Crippen LogP contribution in [0.4, 0.5) is 14.6 Å². The Bertz CT molecular complexity index is 731. The average Bonchev–Trinajstić information content (AvgIpc) is 2.46. The number of hydrogen-bond donors (Lipinski definition) is 2. The van der Waals surface area contributed by atoms with Gasteiger partial charge in [0.05, 0.1) is 16.8 Å². The Morgan fingerprint density at radius 1 is 1.36 bits per heavy atom. The fourth-order valence-electron chi connectivity index (χ4n) is 1.54. The first kappa shape index (κ1) is 16.3. The third-order valence-corrected chi connectivity index (χ3v) is 3.23. The number of rotatable bonds is 4. The smallest absolute Gasteiger partial charge is 0.264 e. The largest absolute Gasteiger partial charge is 0.452 e. The van der Waals surface area contributed by atoms with Crippen molar-refractivity contribution in [1.29, 1.82) is 0 Å². The van der Waals surface area contributed by atoms with Gasteiger partial charge in [0.1, 0.15) is 17.4 Å². The van der Waals surface area contributed by atoms with E-state index in [9.17, 15) is 13.6 Å². The van der Waals surface area contributed by atoms with Crippen molar-refractivity contribution in [1.82, 2.24) is 9.71 Å². The maximum atomic E-state index is 13.9. The number of anilines is 1. The molecule has 1 amide bonds. The van der Waals surface area contributed by atoms with Crippen LogP contribution in [0.1, 0.15) is 10.4 Å². The number of nitrogen functional groups attached to an aromatic ring is 1. The van der Waals surface area contributed by atoms with Gasteiger partial charge in [0, 0.05) is 18.4 Å². The zero-order valence-corrected chi connectivity index (χ0v) is 12.8. The Morgan fingerprint density at radius 3 is 2.73 bits per heavy atom. The van der Waals surface area contributed by atoms with Crippen molar-refractivity contribution < 1.29 is 18.3 Å². The molecule has 0 aliphatic rings. The van der Waals surface area contributed by atoms with Crippen LogP contribution in [0.5, 0.6) is 11.5 Å². The number of amides is 1. The highest BCUT2D eigenvalue weighted by Gasteiger charge is 2.17. The van der Waals surface area contributed by atoms with E-state index in [0.717, 1.165) is 24.1 Å². The molecule has 116 valence electrons. The Labute approximate surface area is 133 Å². The van der Waals surface area contributed by atoms with Crippen LogP contribution in [-0.2, 0) is 0 Å². The van der Waals surface area contributed by atoms with E-state index in [1.807, 2.05) is 0 Å². The SMILES string of the molecule is CSNC(=O)c1cc(F)c(Oc2cnc(N)c(Cl)c2)cc1F. The number of pyridine rings is 1. The highest BCUT2D eigenvalue weighted by Crippen LogP contribution is 2.29. The fraction of sp³-hybridized carbons (Fsp3) is 0.0769. The molecular formula is C13H10ClF2N3O2S. The highest BCUT2D eigenvalue weighted by molar-refractivity contribution is 7.97. The number of halogens is 3. The number of nitrogens with two attached hydrogens (primary N) is 1. The van der Waals surface area contributed by atoms with Gasteiger partial charge in [0.15, 0.2) is 11.6 Å². The lowest BCUT2D eigenvalue weighted by Gasteiger charge is -2.10. The zero-order valence-electron chi connectivity index (χ0n) is 11.2. The topological polar surface area (TPSA) is 77.2 Å². The lowest BCUT2D eigenvalue weighted by atomic mass is 10.2. The summed E-state index contributed by atoms with van der Waals surface area (Å²) in [5, 5.41) is 0.120. The van der Waals surface area contributed by atoms with Gasteiger partial charge in [-0.05, 0) is 6.07 Å². The van der Waals surface area contributed by atoms with Crippen LogP contribution < -0.4 is 15.2 Å². The number of carbonyl (C=O) groups is 1. The number of ether oxygens (including phenoxy) is 1. The van der Waals surface area contributed by atoms with Crippen LogP contribution >= 0.6 is 23.5 Å². The summed E-state index contributed by atoms with van der Waals surface area (Å²) in [5.74, 6) is -2.80. The molecule has 5 nitrogen and oxygen atoms in total. The summed E-state index contributed by atoms with van der Waals surface area (Å²) < 4.78 is 35.3. The number of aromatic nitrogens is 1. The highest BCUT2D eigenvalue weighted by atomic mass is 35.5. The van der Waals surface area contributed by atoms with Crippen LogP contribution in [0.2, 0.25) is 5.02 Å². The Hall–Kier alpha value is -2.06. The van der Waals surface area contributed by atoms with Crippen LogP contribution in [-0.4, -0.2) is 17.1 Å². The first-order valence-corrected chi connectivity index (χ1v) is 7.44. The summed E-state index contributed by atoms with van der Waals surface area (Å²) >= 11 is 6.74. The lowest BCUT2D eigenvalue weighted by Crippen LogP contribution is -2.17. The van der Waals surface area contributed by atoms with E-state index < -0.39 is 28.9 Å². The number of nitrogens with one attached hydrogen (secondary N) is 1. The molecule has 0 radical (unpaired) electrons. The van der Waals surface area contributed by atoms with Gasteiger partial charge in [0.25, 0.3) is 5.91 Å². The van der Waals surface area contributed by atoms with Crippen LogP contribution in [0.25, 0.3) is 0 Å². The maximum Gasteiger partial charge on any atom is 0.264 e. The molecule has 1 aromatic carbocycles. The van der Waals surface area contributed by atoms with Crippen LogP contribution in [0, 0.1) is 11.6 Å². The molecule has 0 spiro atoms. The molecule has 0 unspecified atom stereocenters. The van der Waals surface area contributed by atoms with E-state index in [2.05, 4.69) is 9.71 Å². The summed E-state index contributed by atoms with van der Waals surface area (Å²) in [7, 11) is 0. The molecule has 0 aliphatic heterocycles. The minimum atomic E-state index is -0.919. The van der Waals surface area contributed by atoms with Crippen molar-refractivity contribution in [2.24, 2.45) is 0 Å². The minimum Gasteiger partial charge on any atom is -0.452 e. The first-order chi connectivity index (χ1) is 10.4. The second-order valence-corrected chi connectivity index (χ2v) is 5.06. The standard InChI is InChI=1S/C13H10ClF2N3O2S/c1-22-19-13(20)7-3-10(16)11(4-9(7)15)21-6-2-8(14)12(17)18-5-6/h2-5H,1H3,(H2,17,18)(H,19,20). The molecule has 0 saturated heterocycles. The molecule has 3 N–H and O–H groups in total. The number of benzene rings is 1. The van der Waals surface area contributed by atoms with E-state index in [-0.39, 0.29) is 16.6 Å². The molecule has 22 heavy (non-hydrogen) atoms. The van der Waals surface area contributed by atoms with Gasteiger partial charge < -0.3 is 10.5 Å². The summed E-state index contributed by atoms with van der Waals surface area (Å²) in [6.45, 7) is 0. The van der Waals surface area contributed by atoms with Crippen molar-refractivity contribution in [2.75, 3.05) is 12.0 Å². The van der Waals surface area contributed by atoms with Gasteiger partial charge in [-0.15, -0.1) is 0 Å². The van der Waals surface area contributed by atoms with Gasteiger partial charge in [0.2, 0.25) is 0 Å². The second kappa shape index (κ2) is 6.80. The molecule has 1 heterocycles. The van der Waals surface area contributed by atoms with Gasteiger partial charge in [-0.1, -0.05) is 23.5 Å². The predicted molar refractivity (Wildman–Crippen MR) is 81.1 cm³/mol. The first-order valence-electron chi connectivity index (χ1n) is 5.83. The van der Waals surface area contributed by atoms with Crippen molar-refractivity contribution in [3.05, 3.63) is 46.6 Å². The number of carbonyl (C=O) groups excluding carboxylic acids is 1. The monoisotopic (exact) mass is 345 g/mol. The third-order valence-electron chi connectivity index (χ3n) is 2.53. The van der Waals surface area contributed by atoms with E-state index in [4.69, 9.17) is 22.1 Å². The lowest BCUT2D eigenvalue weighted by molar-refractivity contribution is 0.0980. The van der Waals surface area contributed by atoms with Crippen molar-refractivity contribution in [3.8, 4) is 11.5 Å². The van der Waals surface area contributed by atoms with Crippen LogP contribution in [0.15, 0.2) is 24.4 Å². The van der Waals surface area contributed by atoms with E-state index in [1.54, 1.807) is 6.26 Å². The predicted octanol–water partition coefficient (Wildman–Crippen LogP) is 3.40. The minimum absolute atomic E-state index is 0.0822. The van der Waals surface area contributed by atoms with E-state index >= 15 is 0 Å². The Kier molecular flexibility index (Phi) is 5.04. The molecular weight excluding hydrogens is 336 g/mol. The normalized spacial score (nSPS) is 10.4. The summed E-state index contributed by atoms with van der Waals surface area (Å²) in [5.41, 5.74) is 5.02. The van der Waals surface area contributed by atoms with Crippen molar-refractivity contribution in [2.45, 2.75) is 0 Å². The quantitative estimate of drug-likeness (QED) is 0.830. The van der Waals surface area contributed by atoms with E-state index in [1.165, 1.54) is 12.3 Å². The Balaban J connectivity index is 2.30. The van der Waals surface area contributed by atoms with E-state index in [0.29, 0.717) is 0 Å². The number of hydrogen-bond acceptors (Lipinski definition) is 5. The molecule has 0 saturated carbocycles. The summed E-state index contributed by atoms with van der Waals surface area (Å²) in [6, 6.07) is 2.84. The molecule has 0 atom stereocenters. The van der Waals surface area contributed by atoms with Crippen LogP contribution in [0.3, 0.4) is 0 Å². The summed E-state index contributed by atoms with van der Waals surface area (Å²) in [6.07, 6.45) is 2.80. The van der Waals surface area contributed by atoms with Gasteiger partial charge in [-0.25, -0.2) is 13.8 Å². The van der Waals surface area contributed by atoms with Crippen molar-refractivity contribution in [3.63, 3.8) is 0 Å². The molecule has 9 heteroatoms. The maximum absolute atomic E-state index is 13.9. The zero-order chi connectivity index (χ0) is 16.3. The Morgan fingerprint density at radius 2 is 2.09 bits per heavy atom. The molecule has 2 aromatic rings. The summed E-state index contributed by atoms with van der Waals surface area (Å²) in [4.78, 5) is 15.3. The second-order valence-electron chi connectivity index (χ2n) is 4.04. The van der Waals surface area contributed by atoms with Gasteiger partial charge in [-0.3, -0.25) is 9.52 Å². The van der Waals surface area contributed by atoms with Gasteiger partial charge >= 0.3 is 0 Å². The molecule has 1 aromatic heterocycles. The molecule has 0 aliphatic carbocycles. The average molecular weight is 346 g/mol. The molecule has 2 rings (SSSR count). The third kappa shape index (κ3) is 3.58.